The van der Waals surface area contributed by atoms with Crippen LogP contribution >= 0.6 is 12.4 Å². The second-order valence-electron chi connectivity index (χ2n) is 8.80. The maximum Gasteiger partial charge on any atom is 0.254 e. The molecule has 3 N–H and O–H groups in total. The summed E-state index contributed by atoms with van der Waals surface area (Å²) in [7, 11) is 0. The fourth-order valence-electron chi connectivity index (χ4n) is 5.44. The van der Waals surface area contributed by atoms with Crippen LogP contribution in [-0.2, 0) is 4.79 Å². The zero-order valence-electron chi connectivity index (χ0n) is 16.8. The minimum absolute atomic E-state index is 0. The van der Waals surface area contributed by atoms with E-state index < -0.39 is 0 Å². The third-order valence-electron chi connectivity index (χ3n) is 7.08. The minimum Gasteiger partial charge on any atom is -0.336 e. The van der Waals surface area contributed by atoms with Crippen LogP contribution in [0.5, 0.6) is 0 Å². The number of fused-ring (bicyclic) bond motifs is 2. The first-order valence-electron chi connectivity index (χ1n) is 10.4. The SMILES string of the molecule is Cc1cc(C(=O)N2CCCCC2C)ccc1NC(=O)C1C2CCC(C2)C1N.Cl. The van der Waals surface area contributed by atoms with Gasteiger partial charge >= 0.3 is 0 Å². The topological polar surface area (TPSA) is 75.4 Å². The molecular formula is C22H32ClN3O2. The summed E-state index contributed by atoms with van der Waals surface area (Å²) in [6.45, 7) is 4.91. The van der Waals surface area contributed by atoms with Crippen LogP contribution < -0.4 is 11.1 Å². The summed E-state index contributed by atoms with van der Waals surface area (Å²) in [6.07, 6.45) is 6.73. The summed E-state index contributed by atoms with van der Waals surface area (Å²) >= 11 is 0. The third kappa shape index (κ3) is 3.79. The lowest BCUT2D eigenvalue weighted by Gasteiger charge is -2.33. The van der Waals surface area contributed by atoms with Crippen molar-refractivity contribution < 1.29 is 9.59 Å². The van der Waals surface area contributed by atoms with E-state index >= 15 is 0 Å². The Hall–Kier alpha value is -1.59. The number of nitrogens with one attached hydrogen (secondary N) is 1. The smallest absolute Gasteiger partial charge is 0.254 e. The molecule has 5 atom stereocenters. The minimum atomic E-state index is -0.0707. The van der Waals surface area contributed by atoms with Crippen molar-refractivity contribution in [2.45, 2.75) is 64.5 Å². The summed E-state index contributed by atoms with van der Waals surface area (Å²) in [5, 5.41) is 3.08. The number of halogens is 1. The maximum absolute atomic E-state index is 12.9. The number of rotatable bonds is 3. The molecule has 0 radical (unpaired) electrons. The highest BCUT2D eigenvalue weighted by molar-refractivity contribution is 5.97. The predicted octanol–water partition coefficient (Wildman–Crippen LogP) is 3.74. The molecule has 2 aliphatic carbocycles. The van der Waals surface area contributed by atoms with Gasteiger partial charge in [0, 0.05) is 29.9 Å². The fraction of sp³-hybridized carbons (Fsp3) is 0.636. The third-order valence-corrected chi connectivity index (χ3v) is 7.08. The van der Waals surface area contributed by atoms with Crippen LogP contribution in [0.15, 0.2) is 18.2 Å². The number of amides is 2. The number of carbonyl (C=O) groups excluding carboxylic acids is 2. The van der Waals surface area contributed by atoms with Gasteiger partial charge in [-0.15, -0.1) is 12.4 Å². The number of anilines is 1. The Labute approximate surface area is 173 Å². The second kappa shape index (κ2) is 8.42. The molecular weight excluding hydrogens is 374 g/mol. The van der Waals surface area contributed by atoms with Crippen molar-refractivity contribution in [1.29, 1.82) is 0 Å². The molecule has 1 saturated heterocycles. The van der Waals surface area contributed by atoms with Gasteiger partial charge in [0.15, 0.2) is 0 Å². The molecule has 154 valence electrons. The van der Waals surface area contributed by atoms with Crippen LogP contribution in [0.2, 0.25) is 0 Å². The number of hydrogen-bond acceptors (Lipinski definition) is 3. The van der Waals surface area contributed by atoms with E-state index in [2.05, 4.69) is 12.2 Å². The molecule has 1 aromatic rings. The molecule has 3 aliphatic rings. The summed E-state index contributed by atoms with van der Waals surface area (Å²) in [5.41, 5.74) is 8.73. The van der Waals surface area contributed by atoms with Crippen LogP contribution in [0.4, 0.5) is 5.69 Å². The summed E-state index contributed by atoms with van der Waals surface area (Å²) < 4.78 is 0. The molecule has 2 amide bonds. The van der Waals surface area contributed by atoms with Crippen molar-refractivity contribution in [3.8, 4) is 0 Å². The highest BCUT2D eigenvalue weighted by Crippen LogP contribution is 2.48. The fourth-order valence-corrected chi connectivity index (χ4v) is 5.44. The van der Waals surface area contributed by atoms with E-state index in [1.165, 1.54) is 12.8 Å². The monoisotopic (exact) mass is 405 g/mol. The standard InChI is InChI=1S/C22H31N3O2.ClH/c1-13-11-17(22(27)25-10-4-3-5-14(25)2)8-9-18(13)24-21(26)19-15-6-7-16(12-15)20(19)23;/h8-9,11,14-16,19-20H,3-7,10,12,23H2,1-2H3,(H,24,26);1H. The van der Waals surface area contributed by atoms with Gasteiger partial charge in [0.25, 0.3) is 5.91 Å². The maximum atomic E-state index is 12.9. The van der Waals surface area contributed by atoms with E-state index in [4.69, 9.17) is 5.73 Å². The van der Waals surface area contributed by atoms with Gasteiger partial charge in [-0.3, -0.25) is 9.59 Å². The molecule has 4 rings (SSSR count). The van der Waals surface area contributed by atoms with Crippen molar-refractivity contribution in [2.75, 3.05) is 11.9 Å². The van der Waals surface area contributed by atoms with E-state index in [1.807, 2.05) is 30.0 Å². The van der Waals surface area contributed by atoms with Gasteiger partial charge in [-0.2, -0.15) is 0 Å². The van der Waals surface area contributed by atoms with Gasteiger partial charge in [0.2, 0.25) is 5.91 Å². The number of benzene rings is 1. The zero-order valence-corrected chi connectivity index (χ0v) is 17.6. The van der Waals surface area contributed by atoms with Crippen molar-refractivity contribution >= 4 is 29.9 Å². The number of hydrogen-bond donors (Lipinski definition) is 2. The lowest BCUT2D eigenvalue weighted by Crippen LogP contribution is -2.42. The van der Waals surface area contributed by atoms with E-state index in [0.717, 1.165) is 43.5 Å². The van der Waals surface area contributed by atoms with E-state index in [0.29, 0.717) is 23.4 Å². The van der Waals surface area contributed by atoms with E-state index in [1.54, 1.807) is 0 Å². The Morgan fingerprint density at radius 2 is 1.89 bits per heavy atom. The van der Waals surface area contributed by atoms with Crippen LogP contribution in [0.1, 0.15) is 61.4 Å². The van der Waals surface area contributed by atoms with Crippen LogP contribution in [0.3, 0.4) is 0 Å². The number of nitrogens with zero attached hydrogens (tertiary/aromatic N) is 1. The average molecular weight is 406 g/mol. The first-order chi connectivity index (χ1) is 13.0. The molecule has 5 nitrogen and oxygen atoms in total. The molecule has 6 heteroatoms. The number of piperidine rings is 1. The van der Waals surface area contributed by atoms with Crippen molar-refractivity contribution in [3.63, 3.8) is 0 Å². The van der Waals surface area contributed by atoms with Crippen molar-refractivity contribution in [2.24, 2.45) is 23.5 Å². The molecule has 1 heterocycles. The highest BCUT2D eigenvalue weighted by Gasteiger charge is 2.49. The van der Waals surface area contributed by atoms with Crippen LogP contribution in [-0.4, -0.2) is 35.3 Å². The zero-order chi connectivity index (χ0) is 19.1. The molecule has 1 aromatic carbocycles. The summed E-state index contributed by atoms with van der Waals surface area (Å²) in [5.74, 6) is 1.02. The molecule has 1 aliphatic heterocycles. The van der Waals surface area contributed by atoms with E-state index in [-0.39, 0.29) is 36.2 Å². The first-order valence-corrected chi connectivity index (χ1v) is 10.4. The van der Waals surface area contributed by atoms with Crippen molar-refractivity contribution in [3.05, 3.63) is 29.3 Å². The van der Waals surface area contributed by atoms with Gasteiger partial charge in [-0.05, 0) is 88.0 Å². The molecule has 28 heavy (non-hydrogen) atoms. The first kappa shape index (κ1) is 21.1. The summed E-state index contributed by atoms with van der Waals surface area (Å²) in [6, 6.07) is 5.90. The quantitative estimate of drug-likeness (QED) is 0.804. The molecule has 2 bridgehead atoms. The average Bonchev–Trinajstić information content (AvgIpc) is 3.24. The van der Waals surface area contributed by atoms with E-state index in [9.17, 15) is 9.59 Å². The predicted molar refractivity (Wildman–Crippen MR) is 114 cm³/mol. The largest absolute Gasteiger partial charge is 0.336 e. The summed E-state index contributed by atoms with van der Waals surface area (Å²) in [4.78, 5) is 27.6. The number of carbonyl (C=O) groups is 2. The number of likely N-dealkylation sites (tertiary alicyclic amines) is 1. The van der Waals surface area contributed by atoms with Gasteiger partial charge < -0.3 is 16.0 Å². The highest BCUT2D eigenvalue weighted by atomic mass is 35.5. The number of nitrogens with two attached hydrogens (primary N) is 1. The van der Waals surface area contributed by atoms with Gasteiger partial charge in [-0.25, -0.2) is 0 Å². The van der Waals surface area contributed by atoms with Crippen LogP contribution in [0, 0.1) is 24.7 Å². The molecule has 0 aromatic heterocycles. The second-order valence-corrected chi connectivity index (χ2v) is 8.80. The Morgan fingerprint density at radius 3 is 2.54 bits per heavy atom. The normalized spacial score (nSPS) is 31.4. The Morgan fingerprint density at radius 1 is 1.14 bits per heavy atom. The molecule has 2 saturated carbocycles. The van der Waals surface area contributed by atoms with Crippen LogP contribution in [0.25, 0.3) is 0 Å². The molecule has 3 fully saturated rings. The Balaban J connectivity index is 0.00000225. The lowest BCUT2D eigenvalue weighted by atomic mass is 9.84. The molecule has 0 spiro atoms. The van der Waals surface area contributed by atoms with Crippen molar-refractivity contribution in [1.82, 2.24) is 4.90 Å². The Bertz CT molecular complexity index is 751. The van der Waals surface area contributed by atoms with Gasteiger partial charge in [0.05, 0.1) is 5.92 Å². The molecule has 5 unspecified atom stereocenters. The van der Waals surface area contributed by atoms with Gasteiger partial charge in [-0.1, -0.05) is 0 Å². The lowest BCUT2D eigenvalue weighted by molar-refractivity contribution is -0.121. The number of aryl methyl sites for hydroxylation is 1. The Kier molecular flexibility index (Phi) is 6.35. The van der Waals surface area contributed by atoms with Gasteiger partial charge in [0.1, 0.15) is 0 Å².